The van der Waals surface area contributed by atoms with Gasteiger partial charge < -0.3 is 4.90 Å². The van der Waals surface area contributed by atoms with E-state index >= 15 is 0 Å². The molecule has 0 saturated heterocycles. The van der Waals surface area contributed by atoms with Crippen LogP contribution in [0, 0.1) is 13.8 Å². The summed E-state index contributed by atoms with van der Waals surface area (Å²) in [5.74, 6) is 0.529. The molecule has 0 radical (unpaired) electrons. The maximum Gasteiger partial charge on any atom is 0.356 e. The highest BCUT2D eigenvalue weighted by Gasteiger charge is 2.11. The number of anilines is 1. The Morgan fingerprint density at radius 3 is 2.63 bits per heavy atom. The van der Waals surface area contributed by atoms with Crippen molar-refractivity contribution in [2.45, 2.75) is 34.1 Å². The maximum atomic E-state index is 12.1. The van der Waals surface area contributed by atoms with Gasteiger partial charge in [0.25, 0.3) is 0 Å². The summed E-state index contributed by atoms with van der Waals surface area (Å²) in [5, 5.41) is 0. The summed E-state index contributed by atoms with van der Waals surface area (Å²) in [6.07, 6.45) is 2.79. The van der Waals surface area contributed by atoms with Gasteiger partial charge in [0, 0.05) is 19.3 Å². The number of aromatic nitrogens is 3. The first-order valence-corrected chi connectivity index (χ1v) is 6.69. The van der Waals surface area contributed by atoms with Crippen molar-refractivity contribution < 1.29 is 0 Å². The molecule has 2 heterocycles. The lowest BCUT2D eigenvalue weighted by atomic mass is 10.2. The molecule has 0 fully saturated rings. The van der Waals surface area contributed by atoms with Gasteiger partial charge in [0.15, 0.2) is 0 Å². The normalized spacial score (nSPS) is 10.9. The Bertz CT molecular complexity index is 648. The molecule has 0 aliphatic carbocycles. The van der Waals surface area contributed by atoms with Gasteiger partial charge in [0.2, 0.25) is 5.95 Å². The van der Waals surface area contributed by atoms with Crippen LogP contribution in [0.25, 0.3) is 5.65 Å². The van der Waals surface area contributed by atoms with E-state index in [0.29, 0.717) is 11.6 Å². The van der Waals surface area contributed by atoms with Crippen LogP contribution in [-0.4, -0.2) is 27.5 Å². The first-order chi connectivity index (χ1) is 9.06. The minimum Gasteiger partial charge on any atom is -0.341 e. The Balaban J connectivity index is 2.64. The molecular formula is C14H20N4O. The number of pyridine rings is 1. The standard InChI is InChI=1S/C14H20N4O/c1-5-7-17(6-2)13-15-12-11(4)8-10(3)9-18(12)14(19)16-13/h8-9H,5-7H2,1-4H3. The Labute approximate surface area is 112 Å². The molecule has 102 valence electrons. The van der Waals surface area contributed by atoms with Gasteiger partial charge in [-0.15, -0.1) is 0 Å². The molecule has 0 aromatic carbocycles. The van der Waals surface area contributed by atoms with Crippen LogP contribution >= 0.6 is 0 Å². The van der Waals surface area contributed by atoms with Crippen molar-refractivity contribution in [1.29, 1.82) is 0 Å². The van der Waals surface area contributed by atoms with Crippen LogP contribution in [-0.2, 0) is 0 Å². The van der Waals surface area contributed by atoms with Crippen LogP contribution in [0.5, 0.6) is 0 Å². The van der Waals surface area contributed by atoms with Crippen molar-refractivity contribution in [1.82, 2.24) is 14.4 Å². The fourth-order valence-corrected chi connectivity index (χ4v) is 2.26. The molecule has 5 nitrogen and oxygen atoms in total. The molecule has 0 aliphatic rings. The Hall–Kier alpha value is -1.91. The number of aryl methyl sites for hydroxylation is 2. The Morgan fingerprint density at radius 1 is 1.26 bits per heavy atom. The largest absolute Gasteiger partial charge is 0.356 e. The molecule has 19 heavy (non-hydrogen) atoms. The van der Waals surface area contributed by atoms with Gasteiger partial charge in [-0.2, -0.15) is 9.97 Å². The third-order valence-corrected chi connectivity index (χ3v) is 3.12. The second-order valence-corrected chi connectivity index (χ2v) is 4.78. The SMILES string of the molecule is CCCN(CC)c1nc(=O)n2cc(C)cc(C)c2n1. The van der Waals surface area contributed by atoms with E-state index in [1.165, 1.54) is 4.40 Å². The lowest BCUT2D eigenvalue weighted by molar-refractivity contribution is 0.750. The Morgan fingerprint density at radius 2 is 2.00 bits per heavy atom. The summed E-state index contributed by atoms with van der Waals surface area (Å²) in [7, 11) is 0. The molecule has 5 heteroatoms. The molecule has 0 aliphatic heterocycles. The minimum absolute atomic E-state index is 0.263. The summed E-state index contributed by atoms with van der Waals surface area (Å²) < 4.78 is 1.52. The van der Waals surface area contributed by atoms with Crippen molar-refractivity contribution in [3.05, 3.63) is 33.9 Å². The average Bonchev–Trinajstić information content (AvgIpc) is 2.37. The molecule has 0 unspecified atom stereocenters. The summed E-state index contributed by atoms with van der Waals surface area (Å²) >= 11 is 0. The van der Waals surface area contributed by atoms with Gasteiger partial charge in [-0.1, -0.05) is 13.0 Å². The van der Waals surface area contributed by atoms with E-state index < -0.39 is 0 Å². The summed E-state index contributed by atoms with van der Waals surface area (Å²) in [6.45, 7) is 9.73. The highest BCUT2D eigenvalue weighted by atomic mass is 16.1. The van der Waals surface area contributed by atoms with Crippen molar-refractivity contribution in [2.75, 3.05) is 18.0 Å². The molecule has 0 spiro atoms. The van der Waals surface area contributed by atoms with Crippen LogP contribution in [0.15, 0.2) is 17.1 Å². The van der Waals surface area contributed by atoms with Crippen LogP contribution in [0.2, 0.25) is 0 Å². The van der Waals surface area contributed by atoms with Gasteiger partial charge in [-0.05, 0) is 38.3 Å². The second kappa shape index (κ2) is 5.38. The highest BCUT2D eigenvalue weighted by Crippen LogP contribution is 2.12. The quantitative estimate of drug-likeness (QED) is 0.843. The monoisotopic (exact) mass is 260 g/mol. The lowest BCUT2D eigenvalue weighted by Crippen LogP contribution is -2.30. The molecule has 2 aromatic heterocycles. The van der Waals surface area contributed by atoms with Gasteiger partial charge in [-0.3, -0.25) is 4.40 Å². The number of hydrogen-bond acceptors (Lipinski definition) is 4. The first kappa shape index (κ1) is 13.5. The number of fused-ring (bicyclic) bond motifs is 1. The summed E-state index contributed by atoms with van der Waals surface area (Å²) in [6, 6.07) is 2.03. The zero-order valence-electron chi connectivity index (χ0n) is 12.0. The third kappa shape index (κ3) is 2.59. The smallest absolute Gasteiger partial charge is 0.341 e. The van der Waals surface area contributed by atoms with Crippen LogP contribution < -0.4 is 10.6 Å². The summed E-state index contributed by atoms with van der Waals surface area (Å²) in [5.41, 5.74) is 2.45. The molecular weight excluding hydrogens is 240 g/mol. The lowest BCUT2D eigenvalue weighted by Gasteiger charge is -2.20. The number of rotatable bonds is 4. The molecule has 0 bridgehead atoms. The van der Waals surface area contributed by atoms with Crippen molar-refractivity contribution in [3.63, 3.8) is 0 Å². The van der Waals surface area contributed by atoms with Crippen LogP contribution in [0.1, 0.15) is 31.4 Å². The van der Waals surface area contributed by atoms with Crippen molar-refractivity contribution in [3.8, 4) is 0 Å². The van der Waals surface area contributed by atoms with E-state index in [2.05, 4.69) is 16.9 Å². The highest BCUT2D eigenvalue weighted by molar-refractivity contribution is 5.51. The van der Waals surface area contributed by atoms with Crippen molar-refractivity contribution in [2.24, 2.45) is 0 Å². The van der Waals surface area contributed by atoms with Crippen LogP contribution in [0.3, 0.4) is 0 Å². The number of nitrogens with zero attached hydrogens (tertiary/aromatic N) is 4. The van der Waals surface area contributed by atoms with Gasteiger partial charge in [-0.25, -0.2) is 4.79 Å². The maximum absolute atomic E-state index is 12.1. The topological polar surface area (TPSA) is 50.5 Å². The summed E-state index contributed by atoms with van der Waals surface area (Å²) in [4.78, 5) is 22.8. The van der Waals surface area contributed by atoms with E-state index in [4.69, 9.17) is 0 Å². The number of hydrogen-bond donors (Lipinski definition) is 0. The average molecular weight is 260 g/mol. The molecule has 0 saturated carbocycles. The van der Waals surface area contributed by atoms with Crippen molar-refractivity contribution >= 4 is 11.6 Å². The van der Waals surface area contributed by atoms with E-state index in [9.17, 15) is 4.79 Å². The molecule has 0 amide bonds. The second-order valence-electron chi connectivity index (χ2n) is 4.78. The molecule has 0 N–H and O–H groups in total. The minimum atomic E-state index is -0.263. The first-order valence-electron chi connectivity index (χ1n) is 6.69. The van der Waals surface area contributed by atoms with E-state index in [1.54, 1.807) is 6.20 Å². The van der Waals surface area contributed by atoms with Gasteiger partial charge in [0.1, 0.15) is 5.65 Å². The third-order valence-electron chi connectivity index (χ3n) is 3.12. The van der Waals surface area contributed by atoms with Gasteiger partial charge in [0.05, 0.1) is 0 Å². The van der Waals surface area contributed by atoms with Gasteiger partial charge >= 0.3 is 5.69 Å². The van der Waals surface area contributed by atoms with Crippen LogP contribution in [0.4, 0.5) is 5.95 Å². The van der Waals surface area contributed by atoms with E-state index in [0.717, 1.165) is 30.6 Å². The fourth-order valence-electron chi connectivity index (χ4n) is 2.26. The van der Waals surface area contributed by atoms with E-state index in [1.807, 2.05) is 31.7 Å². The molecule has 2 aromatic rings. The Kier molecular flexibility index (Phi) is 3.83. The predicted molar refractivity (Wildman–Crippen MR) is 76.9 cm³/mol. The molecule has 2 rings (SSSR count). The zero-order chi connectivity index (χ0) is 14.0. The van der Waals surface area contributed by atoms with E-state index in [-0.39, 0.29) is 5.69 Å². The molecule has 0 atom stereocenters. The fraction of sp³-hybridized carbons (Fsp3) is 0.500. The predicted octanol–water partition coefficient (Wildman–Crippen LogP) is 1.94. The zero-order valence-corrected chi connectivity index (χ0v) is 12.0.